The van der Waals surface area contributed by atoms with E-state index < -0.39 is 17.9 Å². The molecule has 7 heteroatoms. The molecule has 1 spiro atoms. The SMILES string of the molecule is CCN1C(=O)C2=C(OCc3ccccc3)C(O)C=CN2C2(CCOC2)C1OC. The number of rotatable bonds is 5. The summed E-state index contributed by atoms with van der Waals surface area (Å²) >= 11 is 0. The lowest BCUT2D eigenvalue weighted by molar-refractivity contribution is -0.172. The Morgan fingerprint density at radius 1 is 1.32 bits per heavy atom. The van der Waals surface area contributed by atoms with Crippen LogP contribution >= 0.6 is 0 Å². The van der Waals surface area contributed by atoms with Crippen LogP contribution in [0.5, 0.6) is 0 Å². The number of carbonyl (C=O) groups is 1. The summed E-state index contributed by atoms with van der Waals surface area (Å²) in [6, 6.07) is 9.69. The third kappa shape index (κ3) is 2.90. The Kier molecular flexibility index (Phi) is 5.14. The maximum absolute atomic E-state index is 13.3. The smallest absolute Gasteiger partial charge is 0.276 e. The molecule has 0 saturated carbocycles. The van der Waals surface area contributed by atoms with E-state index >= 15 is 0 Å². The van der Waals surface area contributed by atoms with Crippen molar-refractivity contribution in [2.75, 3.05) is 26.9 Å². The third-order valence-corrected chi connectivity index (χ3v) is 5.68. The van der Waals surface area contributed by atoms with E-state index in [1.807, 2.05) is 42.2 Å². The Morgan fingerprint density at radius 3 is 2.75 bits per heavy atom. The summed E-state index contributed by atoms with van der Waals surface area (Å²) in [6.45, 7) is 3.71. The van der Waals surface area contributed by atoms with Crippen LogP contribution in [0.1, 0.15) is 18.9 Å². The number of piperazine rings is 1. The number of nitrogens with zero attached hydrogens (tertiary/aromatic N) is 2. The number of aliphatic hydroxyl groups is 1. The van der Waals surface area contributed by atoms with Gasteiger partial charge < -0.3 is 29.1 Å². The molecule has 150 valence electrons. The molecule has 28 heavy (non-hydrogen) atoms. The molecule has 1 aromatic rings. The molecule has 3 atom stereocenters. The van der Waals surface area contributed by atoms with E-state index in [4.69, 9.17) is 14.2 Å². The van der Waals surface area contributed by atoms with Gasteiger partial charge in [-0.3, -0.25) is 4.79 Å². The standard InChI is InChI=1S/C21H26N2O5/c1-3-22-19(25)17-18(28-13-15-7-5-4-6-8-15)16(24)9-11-23(17)21(20(22)26-2)10-12-27-14-21/h4-9,11,16,20,24H,3,10,12-14H2,1-2H3. The monoisotopic (exact) mass is 386 g/mol. The summed E-state index contributed by atoms with van der Waals surface area (Å²) in [7, 11) is 1.62. The topological polar surface area (TPSA) is 71.5 Å². The first-order valence-electron chi connectivity index (χ1n) is 9.60. The summed E-state index contributed by atoms with van der Waals surface area (Å²) < 4.78 is 17.5. The van der Waals surface area contributed by atoms with Crippen molar-refractivity contribution in [1.82, 2.24) is 9.80 Å². The molecule has 1 N–H and O–H groups in total. The first kappa shape index (κ1) is 19.0. The van der Waals surface area contributed by atoms with Crippen LogP contribution in [-0.4, -0.2) is 65.6 Å². The van der Waals surface area contributed by atoms with Gasteiger partial charge in [0.15, 0.2) is 12.0 Å². The molecule has 3 aliphatic rings. The highest BCUT2D eigenvalue weighted by atomic mass is 16.5. The Balaban J connectivity index is 1.75. The van der Waals surface area contributed by atoms with Crippen LogP contribution < -0.4 is 0 Å². The van der Waals surface area contributed by atoms with Crippen LogP contribution in [0.25, 0.3) is 0 Å². The zero-order valence-electron chi connectivity index (χ0n) is 16.2. The molecule has 2 fully saturated rings. The molecular weight excluding hydrogens is 360 g/mol. The van der Waals surface area contributed by atoms with Gasteiger partial charge in [0.2, 0.25) is 0 Å². The molecular formula is C21H26N2O5. The van der Waals surface area contributed by atoms with Gasteiger partial charge in [-0.2, -0.15) is 0 Å². The fraction of sp³-hybridized carbons (Fsp3) is 0.476. The summed E-state index contributed by atoms with van der Waals surface area (Å²) in [4.78, 5) is 16.9. The third-order valence-electron chi connectivity index (χ3n) is 5.68. The van der Waals surface area contributed by atoms with Crippen molar-refractivity contribution >= 4 is 5.91 Å². The minimum Gasteiger partial charge on any atom is -0.488 e. The number of carbonyl (C=O) groups excluding carboxylic acids is 1. The van der Waals surface area contributed by atoms with Crippen LogP contribution in [0.4, 0.5) is 0 Å². The highest BCUT2D eigenvalue weighted by molar-refractivity contribution is 5.95. The Labute approximate surface area is 164 Å². The van der Waals surface area contributed by atoms with Crippen molar-refractivity contribution in [3.05, 3.63) is 59.6 Å². The maximum Gasteiger partial charge on any atom is 0.276 e. The number of hydrogen-bond donors (Lipinski definition) is 1. The average Bonchev–Trinajstić information content (AvgIpc) is 3.20. The predicted octanol–water partition coefficient (Wildman–Crippen LogP) is 1.60. The molecule has 2 saturated heterocycles. The van der Waals surface area contributed by atoms with Crippen LogP contribution in [0, 0.1) is 0 Å². The molecule has 1 amide bonds. The first-order chi connectivity index (χ1) is 13.6. The van der Waals surface area contributed by atoms with Crippen molar-refractivity contribution < 1.29 is 24.1 Å². The van der Waals surface area contributed by atoms with E-state index in [2.05, 4.69) is 0 Å². The Hall–Kier alpha value is -2.35. The number of amides is 1. The zero-order chi connectivity index (χ0) is 19.7. The van der Waals surface area contributed by atoms with Crippen LogP contribution in [-0.2, 0) is 25.6 Å². The number of likely N-dealkylation sites (N-methyl/N-ethyl adjacent to an activating group) is 1. The first-order valence-corrected chi connectivity index (χ1v) is 9.60. The van der Waals surface area contributed by atoms with Crippen LogP contribution in [0.2, 0.25) is 0 Å². The fourth-order valence-electron chi connectivity index (χ4n) is 4.32. The number of methoxy groups -OCH3 is 1. The summed E-state index contributed by atoms with van der Waals surface area (Å²) in [5, 5.41) is 10.6. The van der Waals surface area contributed by atoms with Crippen molar-refractivity contribution in [3.8, 4) is 0 Å². The molecule has 0 bridgehead atoms. The minimum atomic E-state index is -0.976. The second-order valence-electron chi connectivity index (χ2n) is 7.23. The molecule has 0 aromatic heterocycles. The number of ether oxygens (including phenoxy) is 3. The second-order valence-corrected chi connectivity index (χ2v) is 7.23. The number of aliphatic hydroxyl groups excluding tert-OH is 1. The highest BCUT2D eigenvalue weighted by Crippen LogP contribution is 2.43. The Bertz CT molecular complexity index is 785. The van der Waals surface area contributed by atoms with Crippen LogP contribution in [0.3, 0.4) is 0 Å². The summed E-state index contributed by atoms with van der Waals surface area (Å²) in [5.74, 6) is 0.0639. The van der Waals surface area contributed by atoms with E-state index in [-0.39, 0.29) is 18.3 Å². The maximum atomic E-state index is 13.3. The molecule has 7 nitrogen and oxygen atoms in total. The van der Waals surface area contributed by atoms with Gasteiger partial charge in [0.05, 0.1) is 6.61 Å². The average molecular weight is 386 g/mol. The van der Waals surface area contributed by atoms with Crippen molar-refractivity contribution in [2.45, 2.75) is 37.8 Å². The lowest BCUT2D eigenvalue weighted by atomic mass is 9.87. The molecule has 0 radical (unpaired) electrons. The van der Waals surface area contributed by atoms with Gasteiger partial charge in [-0.25, -0.2) is 0 Å². The molecule has 4 rings (SSSR count). The van der Waals surface area contributed by atoms with E-state index in [1.165, 1.54) is 0 Å². The van der Waals surface area contributed by atoms with E-state index in [9.17, 15) is 9.90 Å². The lowest BCUT2D eigenvalue weighted by Crippen LogP contribution is -2.69. The summed E-state index contributed by atoms with van der Waals surface area (Å²) in [6.07, 6.45) is 2.71. The van der Waals surface area contributed by atoms with Gasteiger partial charge >= 0.3 is 0 Å². The normalized spacial score (nSPS) is 29.6. The van der Waals surface area contributed by atoms with Gasteiger partial charge in [0, 0.05) is 32.9 Å². The molecule has 3 aliphatic heterocycles. The highest BCUT2D eigenvalue weighted by Gasteiger charge is 2.58. The number of hydrogen-bond acceptors (Lipinski definition) is 6. The summed E-state index contributed by atoms with van der Waals surface area (Å²) in [5.41, 5.74) is 0.797. The van der Waals surface area contributed by atoms with Gasteiger partial charge in [-0.05, 0) is 18.6 Å². The van der Waals surface area contributed by atoms with Gasteiger partial charge in [-0.15, -0.1) is 0 Å². The minimum absolute atomic E-state index is 0.210. The molecule has 0 aliphatic carbocycles. The Morgan fingerprint density at radius 2 is 2.11 bits per heavy atom. The van der Waals surface area contributed by atoms with E-state index in [0.29, 0.717) is 31.9 Å². The van der Waals surface area contributed by atoms with Gasteiger partial charge in [-0.1, -0.05) is 30.3 Å². The van der Waals surface area contributed by atoms with E-state index in [1.54, 1.807) is 24.3 Å². The molecule has 1 aromatic carbocycles. The molecule has 3 heterocycles. The number of benzene rings is 1. The number of fused-ring (bicyclic) bond motifs is 2. The predicted molar refractivity (Wildman–Crippen MR) is 102 cm³/mol. The van der Waals surface area contributed by atoms with Crippen LogP contribution in [0.15, 0.2) is 54.1 Å². The largest absolute Gasteiger partial charge is 0.488 e. The fourth-order valence-corrected chi connectivity index (χ4v) is 4.32. The van der Waals surface area contributed by atoms with Crippen molar-refractivity contribution in [2.24, 2.45) is 0 Å². The second kappa shape index (κ2) is 7.58. The van der Waals surface area contributed by atoms with E-state index in [0.717, 1.165) is 5.56 Å². The van der Waals surface area contributed by atoms with Gasteiger partial charge in [0.1, 0.15) is 23.9 Å². The van der Waals surface area contributed by atoms with Crippen molar-refractivity contribution in [3.63, 3.8) is 0 Å². The zero-order valence-corrected chi connectivity index (χ0v) is 16.2. The van der Waals surface area contributed by atoms with Gasteiger partial charge in [0.25, 0.3) is 5.91 Å². The lowest BCUT2D eigenvalue weighted by Gasteiger charge is -2.54. The quantitative estimate of drug-likeness (QED) is 0.829. The molecule has 3 unspecified atom stereocenters. The van der Waals surface area contributed by atoms with Crippen molar-refractivity contribution in [1.29, 1.82) is 0 Å².